The highest BCUT2D eigenvalue weighted by Gasteiger charge is 2.20. The van der Waals surface area contributed by atoms with E-state index in [1.807, 2.05) is 7.05 Å². The van der Waals surface area contributed by atoms with Gasteiger partial charge in [0.1, 0.15) is 0 Å². The predicted molar refractivity (Wildman–Crippen MR) is 72.1 cm³/mol. The summed E-state index contributed by atoms with van der Waals surface area (Å²) in [6.07, 6.45) is 2.73. The van der Waals surface area contributed by atoms with Crippen LogP contribution >= 0.6 is 0 Å². The minimum Gasteiger partial charge on any atom is -0.356 e. The molecule has 0 aliphatic heterocycles. The Balaban J connectivity index is 1.76. The van der Waals surface area contributed by atoms with Crippen molar-refractivity contribution in [2.75, 3.05) is 13.6 Å². The van der Waals surface area contributed by atoms with E-state index in [2.05, 4.69) is 46.8 Å². The maximum atomic E-state index is 4.21. The Morgan fingerprint density at radius 1 is 1.24 bits per heavy atom. The fourth-order valence-electron chi connectivity index (χ4n) is 1.68. The lowest BCUT2D eigenvalue weighted by molar-refractivity contribution is 0.737. The first kappa shape index (κ1) is 12.0. The van der Waals surface area contributed by atoms with Crippen molar-refractivity contribution in [3.63, 3.8) is 0 Å². The van der Waals surface area contributed by atoms with Gasteiger partial charge < -0.3 is 10.6 Å². The van der Waals surface area contributed by atoms with Gasteiger partial charge in [0.05, 0.1) is 0 Å². The Morgan fingerprint density at radius 2 is 1.94 bits per heavy atom. The lowest BCUT2D eigenvalue weighted by Crippen LogP contribution is -2.37. The standard InChI is InChI=1S/C14H21N3/c1-11-3-5-12(6-4-11)9-16-14(15-2)17-10-13-7-8-13/h3-6,13H,7-10H2,1-2H3,(H2,15,16,17). The molecule has 1 aromatic rings. The maximum Gasteiger partial charge on any atom is 0.191 e. The summed E-state index contributed by atoms with van der Waals surface area (Å²) in [6.45, 7) is 3.98. The van der Waals surface area contributed by atoms with Crippen LogP contribution in [0.2, 0.25) is 0 Å². The second-order valence-electron chi connectivity index (χ2n) is 4.74. The average Bonchev–Trinajstić information content (AvgIpc) is 3.15. The summed E-state index contributed by atoms with van der Waals surface area (Å²) in [6, 6.07) is 8.57. The monoisotopic (exact) mass is 231 g/mol. The summed E-state index contributed by atoms with van der Waals surface area (Å²) in [5.41, 5.74) is 2.58. The number of hydrogen-bond donors (Lipinski definition) is 2. The Labute approximate surface area is 103 Å². The summed E-state index contributed by atoms with van der Waals surface area (Å²) in [7, 11) is 1.82. The Morgan fingerprint density at radius 3 is 2.53 bits per heavy atom. The second kappa shape index (κ2) is 5.71. The predicted octanol–water partition coefficient (Wildman–Crippen LogP) is 2.07. The van der Waals surface area contributed by atoms with Gasteiger partial charge in [-0.3, -0.25) is 4.99 Å². The number of hydrogen-bond acceptors (Lipinski definition) is 1. The number of aryl methyl sites for hydroxylation is 1. The van der Waals surface area contributed by atoms with Crippen LogP contribution < -0.4 is 10.6 Å². The Hall–Kier alpha value is -1.51. The molecule has 0 bridgehead atoms. The fourth-order valence-corrected chi connectivity index (χ4v) is 1.68. The first-order valence-electron chi connectivity index (χ1n) is 6.28. The number of aliphatic imine (C=N–C) groups is 1. The van der Waals surface area contributed by atoms with E-state index in [0.29, 0.717) is 0 Å². The van der Waals surface area contributed by atoms with Gasteiger partial charge in [-0.15, -0.1) is 0 Å². The zero-order valence-electron chi connectivity index (χ0n) is 10.7. The SMILES string of the molecule is CN=C(NCc1ccc(C)cc1)NCC1CC1. The van der Waals surface area contributed by atoms with Gasteiger partial charge in [-0.1, -0.05) is 29.8 Å². The van der Waals surface area contributed by atoms with Crippen LogP contribution in [0.5, 0.6) is 0 Å². The summed E-state index contributed by atoms with van der Waals surface area (Å²) in [5, 5.41) is 6.68. The van der Waals surface area contributed by atoms with Crippen LogP contribution in [-0.2, 0) is 6.54 Å². The quantitative estimate of drug-likeness (QED) is 0.615. The van der Waals surface area contributed by atoms with Crippen LogP contribution in [0.25, 0.3) is 0 Å². The summed E-state index contributed by atoms with van der Waals surface area (Å²) in [4.78, 5) is 4.21. The molecule has 1 saturated carbocycles. The van der Waals surface area contributed by atoms with E-state index in [1.54, 1.807) is 0 Å². The Bertz CT molecular complexity index is 377. The normalized spacial score (nSPS) is 15.8. The lowest BCUT2D eigenvalue weighted by atomic mass is 10.1. The average molecular weight is 231 g/mol. The topological polar surface area (TPSA) is 36.4 Å². The third kappa shape index (κ3) is 4.10. The van der Waals surface area contributed by atoms with Crippen molar-refractivity contribution in [3.05, 3.63) is 35.4 Å². The molecule has 1 aliphatic rings. The van der Waals surface area contributed by atoms with E-state index in [0.717, 1.165) is 25.0 Å². The molecule has 1 aromatic carbocycles. The first-order chi connectivity index (χ1) is 8.28. The van der Waals surface area contributed by atoms with E-state index >= 15 is 0 Å². The van der Waals surface area contributed by atoms with Gasteiger partial charge in [-0.05, 0) is 31.2 Å². The van der Waals surface area contributed by atoms with Crippen LogP contribution in [0, 0.1) is 12.8 Å². The first-order valence-corrected chi connectivity index (χ1v) is 6.28. The van der Waals surface area contributed by atoms with E-state index in [1.165, 1.54) is 24.0 Å². The minimum absolute atomic E-state index is 0.824. The molecule has 3 nitrogen and oxygen atoms in total. The molecule has 2 N–H and O–H groups in total. The van der Waals surface area contributed by atoms with Crippen LogP contribution in [0.3, 0.4) is 0 Å². The third-order valence-corrected chi connectivity index (χ3v) is 3.06. The van der Waals surface area contributed by atoms with Gasteiger partial charge >= 0.3 is 0 Å². The number of guanidine groups is 1. The van der Waals surface area contributed by atoms with Crippen LogP contribution in [0.4, 0.5) is 0 Å². The van der Waals surface area contributed by atoms with Gasteiger partial charge in [-0.25, -0.2) is 0 Å². The van der Waals surface area contributed by atoms with E-state index in [4.69, 9.17) is 0 Å². The largest absolute Gasteiger partial charge is 0.356 e. The molecule has 1 fully saturated rings. The van der Waals surface area contributed by atoms with Crippen LogP contribution in [0.1, 0.15) is 24.0 Å². The molecule has 92 valence electrons. The highest BCUT2D eigenvalue weighted by atomic mass is 15.2. The molecule has 0 radical (unpaired) electrons. The molecular weight excluding hydrogens is 210 g/mol. The molecule has 17 heavy (non-hydrogen) atoms. The summed E-state index contributed by atoms with van der Waals surface area (Å²) in [5.74, 6) is 1.77. The van der Waals surface area contributed by atoms with E-state index in [-0.39, 0.29) is 0 Å². The van der Waals surface area contributed by atoms with E-state index in [9.17, 15) is 0 Å². The molecule has 0 atom stereocenters. The van der Waals surface area contributed by atoms with Crippen molar-refractivity contribution < 1.29 is 0 Å². The minimum atomic E-state index is 0.824. The second-order valence-corrected chi connectivity index (χ2v) is 4.74. The fraction of sp³-hybridized carbons (Fsp3) is 0.500. The molecule has 0 aromatic heterocycles. The van der Waals surface area contributed by atoms with Crippen molar-refractivity contribution in [1.29, 1.82) is 0 Å². The molecule has 0 saturated heterocycles. The van der Waals surface area contributed by atoms with Crippen LogP contribution in [0.15, 0.2) is 29.3 Å². The highest BCUT2D eigenvalue weighted by molar-refractivity contribution is 5.79. The van der Waals surface area contributed by atoms with Crippen LogP contribution in [-0.4, -0.2) is 19.6 Å². The highest BCUT2D eigenvalue weighted by Crippen LogP contribution is 2.27. The molecule has 3 heteroatoms. The smallest absolute Gasteiger partial charge is 0.191 e. The molecule has 0 spiro atoms. The van der Waals surface area contributed by atoms with Crippen molar-refractivity contribution in [3.8, 4) is 0 Å². The zero-order valence-corrected chi connectivity index (χ0v) is 10.7. The number of nitrogens with one attached hydrogen (secondary N) is 2. The van der Waals surface area contributed by atoms with Crippen molar-refractivity contribution in [2.45, 2.75) is 26.3 Å². The summed E-state index contributed by atoms with van der Waals surface area (Å²) >= 11 is 0. The van der Waals surface area contributed by atoms with Crippen molar-refractivity contribution in [1.82, 2.24) is 10.6 Å². The molecule has 0 unspecified atom stereocenters. The molecular formula is C14H21N3. The molecule has 1 aliphatic carbocycles. The summed E-state index contributed by atoms with van der Waals surface area (Å²) < 4.78 is 0. The van der Waals surface area contributed by atoms with Crippen molar-refractivity contribution in [2.24, 2.45) is 10.9 Å². The lowest BCUT2D eigenvalue weighted by Gasteiger charge is -2.11. The van der Waals surface area contributed by atoms with Gasteiger partial charge in [-0.2, -0.15) is 0 Å². The molecule has 0 heterocycles. The number of benzene rings is 1. The zero-order chi connectivity index (χ0) is 12.1. The van der Waals surface area contributed by atoms with E-state index < -0.39 is 0 Å². The van der Waals surface area contributed by atoms with Gasteiger partial charge in [0.25, 0.3) is 0 Å². The van der Waals surface area contributed by atoms with Gasteiger partial charge in [0.15, 0.2) is 5.96 Å². The third-order valence-electron chi connectivity index (χ3n) is 3.06. The van der Waals surface area contributed by atoms with Crippen molar-refractivity contribution >= 4 is 5.96 Å². The maximum absolute atomic E-state index is 4.21. The Kier molecular flexibility index (Phi) is 4.02. The van der Waals surface area contributed by atoms with Gasteiger partial charge in [0, 0.05) is 20.1 Å². The molecule has 0 amide bonds. The molecule has 2 rings (SSSR count). The van der Waals surface area contributed by atoms with Gasteiger partial charge in [0.2, 0.25) is 0 Å². The number of rotatable bonds is 4. The number of nitrogens with zero attached hydrogens (tertiary/aromatic N) is 1.